The molecule has 2 heteroatoms. The molecule has 0 aromatic rings. The van der Waals surface area contributed by atoms with Crippen molar-refractivity contribution in [3.05, 3.63) is 0 Å². The van der Waals surface area contributed by atoms with Gasteiger partial charge in [0.1, 0.15) is 0 Å². The van der Waals surface area contributed by atoms with E-state index in [1.54, 1.807) is 0 Å². The van der Waals surface area contributed by atoms with Crippen molar-refractivity contribution in [2.24, 2.45) is 0 Å². The van der Waals surface area contributed by atoms with Crippen molar-refractivity contribution in [1.82, 2.24) is 0 Å². The minimum absolute atomic E-state index is 0.125. The van der Waals surface area contributed by atoms with E-state index in [1.165, 1.54) is 64.2 Å². The molecule has 2 aliphatic rings. The maximum atomic E-state index is 7.62. The van der Waals surface area contributed by atoms with Crippen LogP contribution in [0.4, 0.5) is 0 Å². The molecule has 14 heavy (non-hydrogen) atoms. The Kier molecular flexibility index (Phi) is 12.8. The smallest absolute Gasteiger partial charge is 0.0662 e. The fourth-order valence-corrected chi connectivity index (χ4v) is 1.31. The van der Waals surface area contributed by atoms with Crippen LogP contribution in [0.15, 0.2) is 0 Å². The molecule has 0 amide bonds. The van der Waals surface area contributed by atoms with Crippen LogP contribution >= 0.6 is 0 Å². The number of hydrogen-bond donors (Lipinski definition) is 2. The van der Waals surface area contributed by atoms with Gasteiger partial charge in [-0.2, -0.15) is 0 Å². The van der Waals surface area contributed by atoms with Crippen LogP contribution in [0, 0.1) is 0 Å². The minimum atomic E-state index is -0.125. The van der Waals surface area contributed by atoms with Gasteiger partial charge in [0.25, 0.3) is 0 Å². The number of hydrogen-bond acceptors (Lipinski definition) is 2. The van der Waals surface area contributed by atoms with Crippen LogP contribution in [0.5, 0.6) is 0 Å². The standard InChI is InChI=1S/C6H12.C4H8.C2H6O2/c1-2-4-6-5-3-1;1-2-4-3-1;3-1-2-4/h1-6H2;1-4H2;3-4H,1-2H2. The fourth-order valence-electron chi connectivity index (χ4n) is 1.31. The average Bonchev–Trinajstić information content (AvgIpc) is 2.18. The Morgan fingerprint density at radius 2 is 0.571 bits per heavy atom. The maximum Gasteiger partial charge on any atom is 0.0662 e. The molecule has 2 N–H and O–H groups in total. The third kappa shape index (κ3) is 11.9. The first-order chi connectivity index (χ1) is 6.91. The van der Waals surface area contributed by atoms with Crippen molar-refractivity contribution in [2.75, 3.05) is 13.2 Å². The maximum absolute atomic E-state index is 7.62. The van der Waals surface area contributed by atoms with Gasteiger partial charge in [-0.15, -0.1) is 0 Å². The van der Waals surface area contributed by atoms with Crippen LogP contribution in [0.1, 0.15) is 64.2 Å². The van der Waals surface area contributed by atoms with Crippen molar-refractivity contribution in [3.63, 3.8) is 0 Å². The van der Waals surface area contributed by atoms with E-state index in [2.05, 4.69) is 0 Å². The lowest BCUT2D eigenvalue weighted by Crippen LogP contribution is -1.85. The molecule has 0 heterocycles. The lowest BCUT2D eigenvalue weighted by Gasteiger charge is -2.05. The van der Waals surface area contributed by atoms with Crippen molar-refractivity contribution in [3.8, 4) is 0 Å². The minimum Gasteiger partial charge on any atom is -0.394 e. The van der Waals surface area contributed by atoms with Crippen LogP contribution in [0.2, 0.25) is 0 Å². The molecule has 2 saturated carbocycles. The lowest BCUT2D eigenvalue weighted by molar-refractivity contribution is 0.186. The third-order valence-corrected chi connectivity index (χ3v) is 2.60. The zero-order valence-electron chi connectivity index (χ0n) is 9.38. The molecule has 0 bridgehead atoms. The van der Waals surface area contributed by atoms with Gasteiger partial charge < -0.3 is 10.2 Å². The Morgan fingerprint density at radius 1 is 0.429 bits per heavy atom. The molecule has 0 unspecified atom stereocenters. The molecule has 2 fully saturated rings. The number of aliphatic hydroxyl groups is 2. The molecule has 86 valence electrons. The first-order valence-electron chi connectivity index (χ1n) is 6.13. The highest BCUT2D eigenvalue weighted by atomic mass is 16.3. The molecule has 0 saturated heterocycles. The zero-order chi connectivity index (χ0) is 10.5. The van der Waals surface area contributed by atoms with E-state index < -0.39 is 0 Å². The van der Waals surface area contributed by atoms with Gasteiger partial charge >= 0.3 is 0 Å². The van der Waals surface area contributed by atoms with E-state index in [-0.39, 0.29) is 13.2 Å². The summed E-state index contributed by atoms with van der Waals surface area (Å²) in [6.07, 6.45) is 15.0. The van der Waals surface area contributed by atoms with Crippen LogP contribution < -0.4 is 0 Å². The molecule has 0 atom stereocenters. The number of rotatable bonds is 1. The lowest BCUT2D eigenvalue weighted by atomic mass is 10.0. The Hall–Kier alpha value is -0.0800. The van der Waals surface area contributed by atoms with Crippen LogP contribution in [0.3, 0.4) is 0 Å². The summed E-state index contributed by atoms with van der Waals surface area (Å²) in [7, 11) is 0. The molecular formula is C12H26O2. The molecule has 0 aromatic heterocycles. The zero-order valence-corrected chi connectivity index (χ0v) is 9.38. The summed E-state index contributed by atoms with van der Waals surface area (Å²) >= 11 is 0. The summed E-state index contributed by atoms with van der Waals surface area (Å²) < 4.78 is 0. The van der Waals surface area contributed by atoms with E-state index >= 15 is 0 Å². The summed E-state index contributed by atoms with van der Waals surface area (Å²) in [6.45, 7) is -0.250. The first-order valence-corrected chi connectivity index (χ1v) is 6.13. The Labute approximate surface area is 88.3 Å². The summed E-state index contributed by atoms with van der Waals surface area (Å²) in [5, 5.41) is 15.2. The van der Waals surface area contributed by atoms with Crippen molar-refractivity contribution in [2.45, 2.75) is 64.2 Å². The van der Waals surface area contributed by atoms with Gasteiger partial charge in [0, 0.05) is 0 Å². The van der Waals surface area contributed by atoms with E-state index in [1.807, 2.05) is 0 Å². The normalized spacial score (nSPS) is 19.3. The largest absolute Gasteiger partial charge is 0.394 e. The predicted molar refractivity (Wildman–Crippen MR) is 60.3 cm³/mol. The predicted octanol–water partition coefficient (Wildman–Crippen LogP) is 2.87. The monoisotopic (exact) mass is 202 g/mol. The van der Waals surface area contributed by atoms with Crippen LogP contribution in [-0.4, -0.2) is 23.4 Å². The molecule has 0 spiro atoms. The van der Waals surface area contributed by atoms with Gasteiger partial charge in [-0.05, 0) is 0 Å². The molecule has 2 nitrogen and oxygen atoms in total. The van der Waals surface area contributed by atoms with E-state index in [9.17, 15) is 0 Å². The Balaban J connectivity index is 0.000000188. The van der Waals surface area contributed by atoms with Gasteiger partial charge in [0.2, 0.25) is 0 Å². The van der Waals surface area contributed by atoms with Gasteiger partial charge in [0.05, 0.1) is 13.2 Å². The van der Waals surface area contributed by atoms with Gasteiger partial charge in [-0.1, -0.05) is 64.2 Å². The molecular weight excluding hydrogens is 176 g/mol. The van der Waals surface area contributed by atoms with E-state index in [0.717, 1.165) is 0 Å². The van der Waals surface area contributed by atoms with Gasteiger partial charge in [-0.3, -0.25) is 0 Å². The van der Waals surface area contributed by atoms with Crippen molar-refractivity contribution < 1.29 is 10.2 Å². The molecule has 0 aromatic carbocycles. The second-order valence-corrected chi connectivity index (χ2v) is 3.98. The molecule has 2 rings (SSSR count). The SMILES string of the molecule is C1CCC1.C1CCCCC1.OCCO. The summed E-state index contributed by atoms with van der Waals surface area (Å²) in [5.41, 5.74) is 0. The second kappa shape index (κ2) is 12.9. The van der Waals surface area contributed by atoms with Crippen molar-refractivity contribution in [1.29, 1.82) is 0 Å². The first kappa shape index (κ1) is 13.9. The molecule has 0 radical (unpaired) electrons. The highest BCUT2D eigenvalue weighted by Gasteiger charge is 1.95. The topological polar surface area (TPSA) is 40.5 Å². The summed E-state index contributed by atoms with van der Waals surface area (Å²) in [6, 6.07) is 0. The Morgan fingerprint density at radius 3 is 0.643 bits per heavy atom. The van der Waals surface area contributed by atoms with E-state index in [4.69, 9.17) is 10.2 Å². The molecule has 0 aliphatic heterocycles. The van der Waals surface area contributed by atoms with Gasteiger partial charge in [-0.25, -0.2) is 0 Å². The highest BCUT2D eigenvalue weighted by Crippen LogP contribution is 2.15. The van der Waals surface area contributed by atoms with E-state index in [0.29, 0.717) is 0 Å². The third-order valence-electron chi connectivity index (χ3n) is 2.60. The highest BCUT2D eigenvalue weighted by molar-refractivity contribution is 4.51. The van der Waals surface area contributed by atoms with Gasteiger partial charge in [0.15, 0.2) is 0 Å². The second-order valence-electron chi connectivity index (χ2n) is 3.98. The molecule has 2 aliphatic carbocycles. The fraction of sp³-hybridized carbons (Fsp3) is 1.00. The van der Waals surface area contributed by atoms with Crippen LogP contribution in [0.25, 0.3) is 0 Å². The summed E-state index contributed by atoms with van der Waals surface area (Å²) in [4.78, 5) is 0. The number of aliphatic hydroxyl groups excluding tert-OH is 2. The van der Waals surface area contributed by atoms with Crippen molar-refractivity contribution >= 4 is 0 Å². The summed E-state index contributed by atoms with van der Waals surface area (Å²) in [5.74, 6) is 0. The average molecular weight is 202 g/mol. The van der Waals surface area contributed by atoms with Crippen LogP contribution in [-0.2, 0) is 0 Å². The Bertz CT molecular complexity index is 68.8. The quantitative estimate of drug-likeness (QED) is 0.686.